The topological polar surface area (TPSA) is 76.9 Å². The van der Waals surface area contributed by atoms with Crippen LogP contribution in [-0.2, 0) is 11.2 Å². The van der Waals surface area contributed by atoms with Gasteiger partial charge in [-0.15, -0.1) is 0 Å². The maximum Gasteiger partial charge on any atom is 0.254 e. The van der Waals surface area contributed by atoms with Crippen molar-refractivity contribution in [2.24, 2.45) is 0 Å². The molecule has 1 unspecified atom stereocenters. The number of nitrogens with one attached hydrogen (secondary N) is 1. The Morgan fingerprint density at radius 2 is 2.22 bits per heavy atom. The number of hydrogen-bond acceptors (Lipinski definition) is 5. The van der Waals surface area contributed by atoms with Crippen LogP contribution in [0, 0.1) is 0 Å². The number of amides is 1. The molecular weight excluding hydrogens is 312 g/mol. The Morgan fingerprint density at radius 1 is 1.43 bits per heavy atom. The van der Waals surface area contributed by atoms with Crippen molar-refractivity contribution in [2.45, 2.75) is 37.4 Å². The van der Waals surface area contributed by atoms with Crippen LogP contribution in [0.2, 0.25) is 0 Å². The van der Waals surface area contributed by atoms with E-state index >= 15 is 0 Å². The van der Waals surface area contributed by atoms with Crippen molar-refractivity contribution >= 4 is 23.4 Å². The Bertz CT molecular complexity index is 760. The molecule has 23 heavy (non-hydrogen) atoms. The Kier molecular flexibility index (Phi) is 4.76. The molecule has 3 rings (SSSR count). The first kappa shape index (κ1) is 15.7. The molecule has 0 aromatic carbocycles. The number of thioether (sulfide) groups is 1. The number of carbonyl (C=O) groups excluding carboxylic acids is 1. The summed E-state index contributed by atoms with van der Waals surface area (Å²) in [6.07, 6.45) is 5.27. The molecule has 1 atom stereocenters. The van der Waals surface area contributed by atoms with Gasteiger partial charge in [0.1, 0.15) is 0 Å². The van der Waals surface area contributed by atoms with Crippen LogP contribution in [-0.4, -0.2) is 26.2 Å². The van der Waals surface area contributed by atoms with Crippen molar-refractivity contribution in [2.75, 3.05) is 11.1 Å². The summed E-state index contributed by atoms with van der Waals surface area (Å²) >= 11 is 1.54. The van der Waals surface area contributed by atoms with Crippen molar-refractivity contribution in [1.82, 2.24) is 14.5 Å². The highest BCUT2D eigenvalue weighted by Gasteiger charge is 2.27. The quantitative estimate of drug-likeness (QED) is 0.851. The lowest BCUT2D eigenvalue weighted by atomic mass is 10.2. The number of aryl methyl sites for hydroxylation is 1. The molecule has 2 aromatic rings. The zero-order valence-corrected chi connectivity index (χ0v) is 13.7. The standard InChI is InChI=1S/C16H18N4O2S/c1-2-3-12-8-15(22)20-13(10-23-16(20)19-12)9-14(21)18-11-4-6-17-7-5-11/h4-8,13H,2-3,9-10H2,1H3,(H,17,18,21). The lowest BCUT2D eigenvalue weighted by Gasteiger charge is -2.13. The van der Waals surface area contributed by atoms with Gasteiger partial charge in [-0.05, 0) is 18.6 Å². The zero-order valence-electron chi connectivity index (χ0n) is 12.9. The number of pyridine rings is 1. The van der Waals surface area contributed by atoms with E-state index in [2.05, 4.69) is 22.2 Å². The Morgan fingerprint density at radius 3 is 2.96 bits per heavy atom. The van der Waals surface area contributed by atoms with Crippen LogP contribution in [0.1, 0.15) is 31.5 Å². The first-order valence-electron chi connectivity index (χ1n) is 7.62. The van der Waals surface area contributed by atoms with Gasteiger partial charge >= 0.3 is 0 Å². The van der Waals surface area contributed by atoms with Gasteiger partial charge in [-0.1, -0.05) is 25.1 Å². The zero-order chi connectivity index (χ0) is 16.2. The smallest absolute Gasteiger partial charge is 0.254 e. The van der Waals surface area contributed by atoms with Crippen LogP contribution in [0.25, 0.3) is 0 Å². The molecule has 0 bridgehead atoms. The molecule has 0 saturated heterocycles. The van der Waals surface area contributed by atoms with E-state index in [0.717, 1.165) is 23.7 Å². The van der Waals surface area contributed by atoms with Crippen LogP contribution >= 0.6 is 11.8 Å². The molecule has 1 N–H and O–H groups in total. The third-order valence-corrected chi connectivity index (χ3v) is 4.73. The molecule has 1 aliphatic rings. The monoisotopic (exact) mass is 330 g/mol. The van der Waals surface area contributed by atoms with E-state index in [1.807, 2.05) is 0 Å². The third-order valence-electron chi connectivity index (χ3n) is 3.63. The predicted octanol–water partition coefficient (Wildman–Crippen LogP) is 2.27. The Labute approximate surface area is 138 Å². The highest BCUT2D eigenvalue weighted by Crippen LogP contribution is 2.32. The maximum absolute atomic E-state index is 12.3. The van der Waals surface area contributed by atoms with Crippen LogP contribution in [0.15, 0.2) is 40.5 Å². The number of nitrogens with zero attached hydrogens (tertiary/aromatic N) is 3. The summed E-state index contributed by atoms with van der Waals surface area (Å²) in [5.41, 5.74) is 1.47. The lowest BCUT2D eigenvalue weighted by Crippen LogP contribution is -2.27. The van der Waals surface area contributed by atoms with Crippen LogP contribution in [0.5, 0.6) is 0 Å². The highest BCUT2D eigenvalue weighted by atomic mass is 32.2. The number of fused-ring (bicyclic) bond motifs is 1. The fourth-order valence-electron chi connectivity index (χ4n) is 2.59. The summed E-state index contributed by atoms with van der Waals surface area (Å²) in [6.45, 7) is 2.06. The van der Waals surface area contributed by atoms with Gasteiger partial charge in [-0.2, -0.15) is 0 Å². The van der Waals surface area contributed by atoms with E-state index in [4.69, 9.17) is 0 Å². The van der Waals surface area contributed by atoms with Gasteiger partial charge < -0.3 is 5.32 Å². The van der Waals surface area contributed by atoms with E-state index in [-0.39, 0.29) is 23.9 Å². The molecule has 0 saturated carbocycles. The largest absolute Gasteiger partial charge is 0.326 e. The number of hydrogen-bond donors (Lipinski definition) is 1. The average Bonchev–Trinajstić information content (AvgIpc) is 2.92. The second-order valence-electron chi connectivity index (χ2n) is 5.44. The molecule has 120 valence electrons. The van der Waals surface area contributed by atoms with Crippen molar-refractivity contribution in [3.63, 3.8) is 0 Å². The summed E-state index contributed by atoms with van der Waals surface area (Å²) in [5.74, 6) is 0.584. The maximum atomic E-state index is 12.3. The minimum atomic E-state index is -0.146. The molecule has 0 aliphatic carbocycles. The summed E-state index contributed by atoms with van der Waals surface area (Å²) in [5, 5.41) is 3.55. The molecule has 1 amide bonds. The van der Waals surface area contributed by atoms with Gasteiger partial charge in [0.05, 0.1) is 6.04 Å². The van der Waals surface area contributed by atoms with Gasteiger partial charge in [0.25, 0.3) is 5.56 Å². The normalized spacial score (nSPS) is 16.1. The molecule has 6 nitrogen and oxygen atoms in total. The molecule has 1 aliphatic heterocycles. The van der Waals surface area contributed by atoms with Gasteiger partial charge in [0, 0.05) is 42.0 Å². The van der Waals surface area contributed by atoms with Crippen LogP contribution in [0.3, 0.4) is 0 Å². The summed E-state index contributed by atoms with van der Waals surface area (Å²) in [4.78, 5) is 33.0. The molecule has 0 spiro atoms. The second kappa shape index (κ2) is 6.95. The molecule has 0 radical (unpaired) electrons. The molecule has 3 heterocycles. The minimum absolute atomic E-state index is 0.0647. The summed E-state index contributed by atoms with van der Waals surface area (Å²) in [6, 6.07) is 4.92. The second-order valence-corrected chi connectivity index (χ2v) is 6.43. The van der Waals surface area contributed by atoms with E-state index in [1.165, 1.54) is 0 Å². The highest BCUT2D eigenvalue weighted by molar-refractivity contribution is 7.99. The third kappa shape index (κ3) is 3.61. The molecule has 7 heteroatoms. The fourth-order valence-corrected chi connectivity index (χ4v) is 3.76. The number of carbonyl (C=O) groups is 1. The fraction of sp³-hybridized carbons (Fsp3) is 0.375. The molecule has 2 aromatic heterocycles. The minimum Gasteiger partial charge on any atom is -0.326 e. The van der Waals surface area contributed by atoms with E-state index in [1.54, 1.807) is 46.9 Å². The predicted molar refractivity (Wildman–Crippen MR) is 89.7 cm³/mol. The summed E-state index contributed by atoms with van der Waals surface area (Å²) in [7, 11) is 0. The van der Waals surface area contributed by atoms with Gasteiger partial charge in [-0.3, -0.25) is 19.1 Å². The molecular formula is C16H18N4O2S. The van der Waals surface area contributed by atoms with Crippen molar-refractivity contribution in [1.29, 1.82) is 0 Å². The van der Waals surface area contributed by atoms with Crippen molar-refractivity contribution in [3.8, 4) is 0 Å². The first-order valence-corrected chi connectivity index (χ1v) is 8.61. The number of rotatable bonds is 5. The number of aromatic nitrogens is 3. The first-order chi connectivity index (χ1) is 11.2. The Balaban J connectivity index is 1.73. The van der Waals surface area contributed by atoms with Crippen molar-refractivity contribution in [3.05, 3.63) is 46.6 Å². The van der Waals surface area contributed by atoms with Gasteiger partial charge in [0.15, 0.2) is 5.16 Å². The average molecular weight is 330 g/mol. The SMILES string of the molecule is CCCc1cc(=O)n2c(n1)SCC2CC(=O)Nc1ccncc1. The van der Waals surface area contributed by atoms with Crippen LogP contribution < -0.4 is 10.9 Å². The molecule has 0 fully saturated rings. The van der Waals surface area contributed by atoms with E-state index < -0.39 is 0 Å². The van der Waals surface area contributed by atoms with Gasteiger partial charge in [0.2, 0.25) is 5.91 Å². The van der Waals surface area contributed by atoms with Gasteiger partial charge in [-0.25, -0.2) is 4.98 Å². The summed E-state index contributed by atoms with van der Waals surface area (Å²) < 4.78 is 1.65. The van der Waals surface area contributed by atoms with E-state index in [9.17, 15) is 9.59 Å². The van der Waals surface area contributed by atoms with Crippen molar-refractivity contribution < 1.29 is 4.79 Å². The number of anilines is 1. The lowest BCUT2D eigenvalue weighted by molar-refractivity contribution is -0.116. The Hall–Kier alpha value is -2.15. The van der Waals surface area contributed by atoms with Crippen LogP contribution in [0.4, 0.5) is 5.69 Å². The van der Waals surface area contributed by atoms with E-state index in [0.29, 0.717) is 11.4 Å².